The Kier molecular flexibility index (Phi) is 4.85. The van der Waals surface area contributed by atoms with Crippen molar-refractivity contribution in [3.8, 4) is 0 Å². The number of halogens is 1. The summed E-state index contributed by atoms with van der Waals surface area (Å²) in [7, 11) is 0. The Labute approximate surface area is 143 Å². The second-order valence-electron chi connectivity index (χ2n) is 5.25. The van der Waals surface area contributed by atoms with Crippen molar-refractivity contribution in [1.29, 1.82) is 0 Å². The van der Waals surface area contributed by atoms with E-state index in [4.69, 9.17) is 16.1 Å². The van der Waals surface area contributed by atoms with Crippen LogP contribution in [-0.2, 0) is 5.75 Å². The van der Waals surface area contributed by atoms with E-state index in [1.54, 1.807) is 29.7 Å². The number of rotatable bonds is 6. The van der Waals surface area contributed by atoms with Crippen LogP contribution < -0.4 is 0 Å². The molecule has 0 radical (unpaired) electrons. The lowest BCUT2D eigenvalue weighted by atomic mass is 10.0. The van der Waals surface area contributed by atoms with Gasteiger partial charge in [0, 0.05) is 27.2 Å². The van der Waals surface area contributed by atoms with Gasteiger partial charge in [-0.15, -0.1) is 11.8 Å². The van der Waals surface area contributed by atoms with E-state index in [-0.39, 0.29) is 5.78 Å². The maximum atomic E-state index is 12.9. The van der Waals surface area contributed by atoms with Gasteiger partial charge in [-0.3, -0.25) is 4.79 Å². The van der Waals surface area contributed by atoms with Crippen LogP contribution in [0.2, 0.25) is 5.02 Å². The highest BCUT2D eigenvalue weighted by Gasteiger charge is 2.33. The van der Waals surface area contributed by atoms with Gasteiger partial charge in [0.15, 0.2) is 11.5 Å². The van der Waals surface area contributed by atoms with Gasteiger partial charge in [-0.25, -0.2) is 0 Å². The van der Waals surface area contributed by atoms with Gasteiger partial charge in [-0.1, -0.05) is 16.8 Å². The molecule has 1 aliphatic rings. The second kappa shape index (κ2) is 6.69. The summed E-state index contributed by atoms with van der Waals surface area (Å²) in [6, 6.07) is 3.62. The SMILES string of the molecule is CSCc1c(Cl)ccc(C(=O)c2cnoc2C2CC2)c1SC. The summed E-state index contributed by atoms with van der Waals surface area (Å²) in [4.78, 5) is 13.9. The molecule has 1 saturated carbocycles. The van der Waals surface area contributed by atoms with E-state index in [2.05, 4.69) is 5.16 Å². The Hall–Kier alpha value is -0.910. The maximum absolute atomic E-state index is 12.9. The highest BCUT2D eigenvalue weighted by atomic mass is 35.5. The van der Waals surface area contributed by atoms with Crippen molar-refractivity contribution in [3.63, 3.8) is 0 Å². The Morgan fingerprint density at radius 2 is 2.14 bits per heavy atom. The van der Waals surface area contributed by atoms with Crippen LogP contribution in [0.25, 0.3) is 0 Å². The summed E-state index contributed by atoms with van der Waals surface area (Å²) in [5.41, 5.74) is 2.30. The van der Waals surface area contributed by atoms with Gasteiger partial charge in [0.1, 0.15) is 0 Å². The number of benzene rings is 1. The van der Waals surface area contributed by atoms with Crippen LogP contribution in [0, 0.1) is 0 Å². The molecule has 1 heterocycles. The molecule has 3 rings (SSSR count). The fraction of sp³-hybridized carbons (Fsp3) is 0.375. The lowest BCUT2D eigenvalue weighted by Crippen LogP contribution is -2.06. The monoisotopic (exact) mass is 353 g/mol. The summed E-state index contributed by atoms with van der Waals surface area (Å²) in [5, 5.41) is 4.54. The zero-order chi connectivity index (χ0) is 15.7. The largest absolute Gasteiger partial charge is 0.360 e. The fourth-order valence-corrected chi connectivity index (χ4v) is 4.35. The van der Waals surface area contributed by atoms with Gasteiger partial charge in [0.2, 0.25) is 0 Å². The summed E-state index contributed by atoms with van der Waals surface area (Å²) in [5.74, 6) is 1.86. The predicted molar refractivity (Wildman–Crippen MR) is 92.4 cm³/mol. The third kappa shape index (κ3) is 2.94. The van der Waals surface area contributed by atoms with E-state index in [1.165, 1.54) is 0 Å². The average molecular weight is 354 g/mol. The molecule has 0 spiro atoms. The average Bonchev–Trinajstić information content (AvgIpc) is 3.25. The van der Waals surface area contributed by atoms with Gasteiger partial charge in [0.05, 0.1) is 11.8 Å². The minimum atomic E-state index is -0.0217. The lowest BCUT2D eigenvalue weighted by molar-refractivity contribution is 0.103. The van der Waals surface area contributed by atoms with E-state index in [9.17, 15) is 4.79 Å². The van der Waals surface area contributed by atoms with Crippen LogP contribution in [-0.4, -0.2) is 23.5 Å². The van der Waals surface area contributed by atoms with Crippen molar-refractivity contribution in [2.45, 2.75) is 29.4 Å². The Bertz CT molecular complexity index is 710. The summed E-state index contributed by atoms with van der Waals surface area (Å²) in [6.45, 7) is 0. The van der Waals surface area contributed by atoms with Crippen LogP contribution in [0.4, 0.5) is 0 Å². The minimum absolute atomic E-state index is 0.0217. The molecule has 1 fully saturated rings. The van der Waals surface area contributed by atoms with Crippen LogP contribution in [0.1, 0.15) is 46.0 Å². The number of carbonyl (C=O) groups is 1. The molecule has 0 N–H and O–H groups in total. The normalized spacial score (nSPS) is 14.3. The van der Waals surface area contributed by atoms with Crippen molar-refractivity contribution in [2.75, 3.05) is 12.5 Å². The van der Waals surface area contributed by atoms with Gasteiger partial charge in [-0.2, -0.15) is 11.8 Å². The molecule has 6 heteroatoms. The first-order valence-electron chi connectivity index (χ1n) is 7.01. The van der Waals surface area contributed by atoms with Crippen LogP contribution in [0.15, 0.2) is 27.7 Å². The first-order valence-corrected chi connectivity index (χ1v) is 10.0. The van der Waals surface area contributed by atoms with Gasteiger partial charge in [0.25, 0.3) is 0 Å². The van der Waals surface area contributed by atoms with Crippen LogP contribution >= 0.6 is 35.1 Å². The summed E-state index contributed by atoms with van der Waals surface area (Å²) < 4.78 is 5.30. The predicted octanol–water partition coefficient (Wildman–Crippen LogP) is 5.02. The zero-order valence-electron chi connectivity index (χ0n) is 12.4. The quantitative estimate of drug-likeness (QED) is 0.538. The van der Waals surface area contributed by atoms with Crippen molar-refractivity contribution in [3.05, 3.63) is 45.8 Å². The van der Waals surface area contributed by atoms with Crippen molar-refractivity contribution >= 4 is 40.9 Å². The molecule has 0 atom stereocenters. The Morgan fingerprint density at radius 1 is 1.36 bits per heavy atom. The summed E-state index contributed by atoms with van der Waals surface area (Å²) in [6.07, 6.45) is 7.69. The van der Waals surface area contributed by atoms with Crippen LogP contribution in [0.5, 0.6) is 0 Å². The molecule has 1 aromatic carbocycles. The van der Waals surface area contributed by atoms with E-state index in [0.29, 0.717) is 22.1 Å². The number of ketones is 1. The molecule has 0 unspecified atom stereocenters. The first kappa shape index (κ1) is 16.0. The number of nitrogens with zero attached hydrogens (tertiary/aromatic N) is 1. The highest BCUT2D eigenvalue weighted by molar-refractivity contribution is 7.99. The van der Waals surface area contributed by atoms with E-state index < -0.39 is 0 Å². The lowest BCUT2D eigenvalue weighted by Gasteiger charge is -2.13. The van der Waals surface area contributed by atoms with E-state index in [1.807, 2.05) is 24.6 Å². The van der Waals surface area contributed by atoms with Gasteiger partial charge >= 0.3 is 0 Å². The third-order valence-corrected chi connectivity index (χ3v) is 5.54. The number of hydrogen-bond acceptors (Lipinski definition) is 5. The number of carbonyl (C=O) groups excluding carboxylic acids is 1. The number of aromatic nitrogens is 1. The molecule has 1 aromatic heterocycles. The molecule has 0 saturated heterocycles. The smallest absolute Gasteiger partial charge is 0.199 e. The maximum Gasteiger partial charge on any atom is 0.199 e. The van der Waals surface area contributed by atoms with Crippen molar-refractivity contribution < 1.29 is 9.32 Å². The molecule has 0 bridgehead atoms. The van der Waals surface area contributed by atoms with Crippen molar-refractivity contribution in [1.82, 2.24) is 5.16 Å². The molecule has 0 aliphatic heterocycles. The molecule has 1 aliphatic carbocycles. The second-order valence-corrected chi connectivity index (χ2v) is 7.34. The topological polar surface area (TPSA) is 43.1 Å². The van der Waals surface area contributed by atoms with E-state index >= 15 is 0 Å². The zero-order valence-corrected chi connectivity index (χ0v) is 14.8. The number of thioether (sulfide) groups is 2. The standard InChI is InChI=1S/C16H16ClNO2S2/c1-21-8-12-13(17)6-5-10(16(12)22-2)14(19)11-7-18-20-15(11)9-3-4-9/h5-7,9H,3-4,8H2,1-2H3. The van der Waals surface area contributed by atoms with Gasteiger partial charge in [-0.05, 0) is 43.0 Å². The van der Waals surface area contributed by atoms with E-state index in [0.717, 1.165) is 34.8 Å². The van der Waals surface area contributed by atoms with Gasteiger partial charge < -0.3 is 4.52 Å². The fourth-order valence-electron chi connectivity index (χ4n) is 2.50. The molecule has 0 amide bonds. The minimum Gasteiger partial charge on any atom is -0.360 e. The molecule has 22 heavy (non-hydrogen) atoms. The first-order chi connectivity index (χ1) is 10.7. The number of hydrogen-bond donors (Lipinski definition) is 0. The molecule has 3 nitrogen and oxygen atoms in total. The summed E-state index contributed by atoms with van der Waals surface area (Å²) >= 11 is 9.57. The van der Waals surface area contributed by atoms with Crippen molar-refractivity contribution in [2.24, 2.45) is 0 Å². The Balaban J connectivity index is 2.05. The molecular weight excluding hydrogens is 338 g/mol. The highest BCUT2D eigenvalue weighted by Crippen LogP contribution is 2.42. The third-order valence-electron chi connectivity index (χ3n) is 3.73. The molecular formula is C16H16ClNO2S2. The molecule has 116 valence electrons. The molecule has 2 aromatic rings. The Morgan fingerprint density at radius 3 is 2.77 bits per heavy atom. The van der Waals surface area contributed by atoms with Crippen LogP contribution in [0.3, 0.4) is 0 Å².